The monoisotopic (exact) mass is 674 g/mol. The first-order valence-electron chi connectivity index (χ1n) is 18.5. The summed E-state index contributed by atoms with van der Waals surface area (Å²) in [6, 6.07) is -0.0386. The van der Waals surface area contributed by atoms with Crippen molar-refractivity contribution in [1.29, 1.82) is 0 Å². The first-order valence-corrected chi connectivity index (χ1v) is 18.5. The number of hydrogen-bond acceptors (Lipinski definition) is 8. The second kappa shape index (κ2) is 12.3. The molecule has 6 fully saturated rings. The molecule has 10 nitrogen and oxygen atoms in total. The molecule has 0 aromatic rings. The number of carboxylic acids is 1. The van der Waals surface area contributed by atoms with Gasteiger partial charge in [-0.2, -0.15) is 0 Å². The number of carbonyl (C=O) groups excluding carboxylic acids is 1. The fraction of sp³-hybridized carbons (Fsp3) is 0.895. The Hall–Kier alpha value is -1.56. The normalized spacial score (nSPS) is 49.6. The number of amides is 1. The van der Waals surface area contributed by atoms with Gasteiger partial charge in [-0.25, -0.2) is 0 Å². The molecule has 1 aliphatic heterocycles. The quantitative estimate of drug-likeness (QED) is 0.194. The Labute approximate surface area is 287 Å². The van der Waals surface area contributed by atoms with Gasteiger partial charge in [-0.1, -0.05) is 46.8 Å². The van der Waals surface area contributed by atoms with Gasteiger partial charge in [0.2, 0.25) is 5.91 Å². The van der Waals surface area contributed by atoms with Crippen LogP contribution in [0.5, 0.6) is 0 Å². The smallest absolute Gasteiger partial charge is 0.309 e. The van der Waals surface area contributed by atoms with Crippen LogP contribution < -0.4 is 5.32 Å². The van der Waals surface area contributed by atoms with Gasteiger partial charge in [0.05, 0.1) is 19.1 Å². The molecule has 1 saturated heterocycles. The van der Waals surface area contributed by atoms with Gasteiger partial charge in [-0.05, 0) is 122 Å². The van der Waals surface area contributed by atoms with Crippen LogP contribution in [-0.2, 0) is 19.2 Å². The minimum atomic E-state index is -1.42. The van der Waals surface area contributed by atoms with Crippen molar-refractivity contribution in [2.45, 2.75) is 136 Å². The largest absolute Gasteiger partial charge is 0.481 e. The maximum Gasteiger partial charge on any atom is 0.309 e. The van der Waals surface area contributed by atoms with E-state index in [0.29, 0.717) is 17.8 Å². The fourth-order valence-corrected chi connectivity index (χ4v) is 13.5. The van der Waals surface area contributed by atoms with Gasteiger partial charge in [0.15, 0.2) is 6.23 Å². The number of ether oxygens (including phenoxy) is 1. The van der Waals surface area contributed by atoms with Gasteiger partial charge in [-0.15, -0.1) is 5.06 Å². The first-order chi connectivity index (χ1) is 22.4. The number of allylic oxidation sites excluding steroid dienone is 1. The predicted octanol–water partition coefficient (Wildman–Crippen LogP) is 4.52. The molecule has 10 heteroatoms. The summed E-state index contributed by atoms with van der Waals surface area (Å²) in [5.41, 5.74) is 0.661. The first kappa shape index (κ1) is 36.2. The number of aliphatic carboxylic acids is 1. The molecule has 6 rings (SSSR count). The molecular weight excluding hydrogens is 612 g/mol. The summed E-state index contributed by atoms with van der Waals surface area (Å²) >= 11 is 0. The number of nitrogens with zero attached hydrogens (tertiary/aromatic N) is 1. The van der Waals surface area contributed by atoms with Gasteiger partial charge >= 0.3 is 5.97 Å². The van der Waals surface area contributed by atoms with Crippen molar-refractivity contribution in [2.24, 2.45) is 56.7 Å². The van der Waals surface area contributed by atoms with Crippen LogP contribution in [0.3, 0.4) is 0 Å². The molecule has 0 aromatic carbocycles. The van der Waals surface area contributed by atoms with E-state index in [4.69, 9.17) is 9.57 Å². The average molecular weight is 675 g/mol. The second-order valence-corrected chi connectivity index (χ2v) is 18.2. The molecular formula is C38H62N2O8. The summed E-state index contributed by atoms with van der Waals surface area (Å²) in [4.78, 5) is 31.9. The van der Waals surface area contributed by atoms with Crippen molar-refractivity contribution >= 4 is 11.9 Å². The SMILES string of the molecule is C=C(C)[C@@H]1CC[C@]2(C(=O)O)CC[C@]3(C)[C@H](CCC4[C@@]5(C)CC[C@H](NC(=O)CN(OC)[C@@H]6OC[C@H](O)[C@H](O)C6O)C(C)(C)C5CC[C@]43C)C12. The highest BCUT2D eigenvalue weighted by Crippen LogP contribution is 2.77. The number of nitrogens with one attached hydrogen (secondary N) is 1. The molecule has 48 heavy (non-hydrogen) atoms. The van der Waals surface area contributed by atoms with Crippen LogP contribution >= 0.6 is 0 Å². The molecule has 0 bridgehead atoms. The number of rotatable bonds is 7. The zero-order chi connectivity index (χ0) is 35.2. The number of hydroxylamine groups is 2. The molecule has 0 radical (unpaired) electrons. The van der Waals surface area contributed by atoms with E-state index in [2.05, 4.69) is 53.4 Å². The van der Waals surface area contributed by atoms with Crippen LogP contribution in [0.2, 0.25) is 0 Å². The van der Waals surface area contributed by atoms with Gasteiger partial charge < -0.3 is 30.5 Å². The Bertz CT molecular complexity index is 1290. The van der Waals surface area contributed by atoms with Crippen LogP contribution in [0, 0.1) is 56.7 Å². The molecule has 5 N–H and O–H groups in total. The highest BCUT2D eigenvalue weighted by Gasteiger charge is 2.72. The molecule has 6 aliphatic rings. The summed E-state index contributed by atoms with van der Waals surface area (Å²) in [6.45, 7) is 18.4. The number of aliphatic hydroxyl groups is 3. The fourth-order valence-electron chi connectivity index (χ4n) is 13.5. The van der Waals surface area contributed by atoms with E-state index in [9.17, 15) is 30.0 Å². The van der Waals surface area contributed by atoms with E-state index in [1.165, 1.54) is 12.2 Å². The third kappa shape index (κ3) is 5.08. The zero-order valence-electron chi connectivity index (χ0n) is 30.3. The van der Waals surface area contributed by atoms with E-state index in [1.807, 2.05) is 0 Å². The lowest BCUT2D eigenvalue weighted by atomic mass is 9.32. The molecule has 0 spiro atoms. The van der Waals surface area contributed by atoms with E-state index >= 15 is 0 Å². The number of carboxylic acid groups (broad SMARTS) is 1. The van der Waals surface area contributed by atoms with Gasteiger partial charge in [0, 0.05) is 6.04 Å². The molecule has 5 aliphatic carbocycles. The summed E-state index contributed by atoms with van der Waals surface area (Å²) in [5.74, 6) is 0.950. The molecule has 1 amide bonds. The van der Waals surface area contributed by atoms with Crippen molar-refractivity contribution in [3.05, 3.63) is 12.2 Å². The highest BCUT2D eigenvalue weighted by molar-refractivity contribution is 5.78. The van der Waals surface area contributed by atoms with Crippen LogP contribution in [0.1, 0.15) is 106 Å². The third-order valence-corrected chi connectivity index (χ3v) is 16.2. The van der Waals surface area contributed by atoms with E-state index in [-0.39, 0.29) is 58.6 Å². The van der Waals surface area contributed by atoms with Gasteiger partial charge in [0.25, 0.3) is 0 Å². The van der Waals surface area contributed by atoms with E-state index in [0.717, 1.165) is 69.8 Å². The number of fused-ring (bicyclic) bond motifs is 7. The van der Waals surface area contributed by atoms with Crippen LogP contribution in [0.15, 0.2) is 12.2 Å². The minimum absolute atomic E-state index is 0.0386. The Morgan fingerprint density at radius 2 is 1.60 bits per heavy atom. The van der Waals surface area contributed by atoms with Crippen molar-refractivity contribution in [1.82, 2.24) is 10.4 Å². The van der Waals surface area contributed by atoms with Crippen LogP contribution in [0.4, 0.5) is 0 Å². The van der Waals surface area contributed by atoms with Crippen molar-refractivity contribution in [3.63, 3.8) is 0 Å². The minimum Gasteiger partial charge on any atom is -0.481 e. The molecule has 4 unspecified atom stereocenters. The Kier molecular flexibility index (Phi) is 9.28. The summed E-state index contributed by atoms with van der Waals surface area (Å²) in [7, 11) is 1.39. The third-order valence-electron chi connectivity index (χ3n) is 16.2. The summed E-state index contributed by atoms with van der Waals surface area (Å²) in [6.07, 6.45) is 4.65. The highest BCUT2D eigenvalue weighted by atomic mass is 16.7. The zero-order valence-corrected chi connectivity index (χ0v) is 30.3. The average Bonchev–Trinajstić information content (AvgIpc) is 3.42. The molecule has 272 valence electrons. The van der Waals surface area contributed by atoms with Crippen molar-refractivity contribution < 1.29 is 39.6 Å². The Morgan fingerprint density at radius 1 is 0.896 bits per heavy atom. The maximum atomic E-state index is 13.5. The standard InChI is InChI=1S/C38H62N2O8/c1-21(2)22-11-16-38(33(45)46)18-17-36(6)23(29(22)38)9-10-26-35(5)14-13-27(34(3,4)25(35)12-15-37(26,36)7)39-28(42)19-40(47-8)32-31(44)30(43)24(41)20-48-32/h22-27,29-32,41,43-44H,1,9-20H2,2-8H3,(H,39,42)(H,45,46)/t22-,23+,24-,25?,26?,27-,29?,30-,31?,32+,35-,36+,37+,38-/m0/s1. The topological polar surface area (TPSA) is 149 Å². The number of hydrogen-bond donors (Lipinski definition) is 5. The van der Waals surface area contributed by atoms with Crippen LogP contribution in [0.25, 0.3) is 0 Å². The van der Waals surface area contributed by atoms with E-state index in [1.54, 1.807) is 0 Å². The Balaban J connectivity index is 1.20. The van der Waals surface area contributed by atoms with Gasteiger partial charge in [-0.3, -0.25) is 14.4 Å². The number of aliphatic hydroxyl groups excluding tert-OH is 3. The Morgan fingerprint density at radius 3 is 2.25 bits per heavy atom. The summed E-state index contributed by atoms with van der Waals surface area (Å²) in [5, 5.41) is 45.7. The maximum absolute atomic E-state index is 13.5. The lowest BCUT2D eigenvalue weighted by molar-refractivity contribution is -0.303. The molecule has 0 aromatic heterocycles. The molecule has 14 atom stereocenters. The van der Waals surface area contributed by atoms with Gasteiger partial charge in [0.1, 0.15) is 24.9 Å². The number of carbonyl (C=O) groups is 2. The molecule has 1 heterocycles. The van der Waals surface area contributed by atoms with E-state index < -0.39 is 35.9 Å². The lowest BCUT2D eigenvalue weighted by Crippen LogP contribution is -2.68. The van der Waals surface area contributed by atoms with Crippen LogP contribution in [-0.4, -0.2) is 88.2 Å². The second-order valence-electron chi connectivity index (χ2n) is 18.2. The van der Waals surface area contributed by atoms with Crippen molar-refractivity contribution in [3.8, 4) is 0 Å². The van der Waals surface area contributed by atoms with Crippen molar-refractivity contribution in [2.75, 3.05) is 20.3 Å². The lowest BCUT2D eigenvalue weighted by Gasteiger charge is -2.73. The molecule has 5 saturated carbocycles. The predicted molar refractivity (Wildman–Crippen MR) is 180 cm³/mol. The summed E-state index contributed by atoms with van der Waals surface area (Å²) < 4.78 is 5.53.